The Morgan fingerprint density at radius 2 is 1.80 bits per heavy atom. The summed E-state index contributed by atoms with van der Waals surface area (Å²) >= 11 is 0. The number of oxazole rings is 1. The van der Waals surface area contributed by atoms with Crippen LogP contribution in [0.3, 0.4) is 0 Å². The second kappa shape index (κ2) is 10.8. The molecular weight excluding hydrogens is 529 g/mol. The number of hydrogen-bond donors (Lipinski definition) is 1. The fourth-order valence-electron chi connectivity index (χ4n) is 4.93. The van der Waals surface area contributed by atoms with Crippen molar-refractivity contribution >= 4 is 28.6 Å². The molecule has 4 heterocycles. The van der Waals surface area contributed by atoms with E-state index in [1.807, 2.05) is 0 Å². The molecule has 5 aromatic rings. The molecule has 1 saturated heterocycles. The molecular formula is C28H26FN9O3. The van der Waals surface area contributed by atoms with Gasteiger partial charge < -0.3 is 14.6 Å². The second-order valence-corrected chi connectivity index (χ2v) is 9.73. The van der Waals surface area contributed by atoms with Crippen LogP contribution in [0.25, 0.3) is 22.6 Å². The number of carbonyl (C=O) groups is 2. The molecule has 12 nitrogen and oxygen atoms in total. The Balaban J connectivity index is 1.18. The molecule has 0 radical (unpaired) electrons. The van der Waals surface area contributed by atoms with Crippen molar-refractivity contribution in [2.45, 2.75) is 13.0 Å². The summed E-state index contributed by atoms with van der Waals surface area (Å²) in [5.74, 6) is 0.155. The van der Waals surface area contributed by atoms with E-state index in [-0.39, 0.29) is 29.4 Å². The fraction of sp³-hybridized carbons (Fsp3) is 0.250. The lowest BCUT2D eigenvalue weighted by Gasteiger charge is -2.38. The number of nitrogens with zero attached hydrogens (tertiary/aromatic N) is 8. The van der Waals surface area contributed by atoms with Gasteiger partial charge in [-0.1, -0.05) is 12.1 Å². The van der Waals surface area contributed by atoms with Crippen molar-refractivity contribution in [3.05, 3.63) is 83.7 Å². The number of aryl methyl sites for hydroxylation is 1. The number of piperazine rings is 1. The number of halogens is 1. The van der Waals surface area contributed by atoms with E-state index in [1.54, 1.807) is 60.6 Å². The first-order valence-electron chi connectivity index (χ1n) is 13.0. The number of aromatic nitrogens is 6. The lowest BCUT2D eigenvalue weighted by atomic mass is 10.0. The predicted molar refractivity (Wildman–Crippen MR) is 146 cm³/mol. The SMILES string of the molecule is CC(=O)Nc1ccc2oc(-c3ccnc(C(=O)N4CCN([C@H](c5ccc(F)cc5)c5nnn(C)n5)CC4)c3)nc2c1. The van der Waals surface area contributed by atoms with Crippen molar-refractivity contribution in [3.63, 3.8) is 0 Å². The third-order valence-electron chi connectivity index (χ3n) is 6.85. The minimum absolute atomic E-state index is 0.178. The highest BCUT2D eigenvalue weighted by Crippen LogP contribution is 2.29. The average molecular weight is 556 g/mol. The number of benzene rings is 2. The molecule has 0 spiro atoms. The molecule has 0 unspecified atom stereocenters. The molecule has 0 aliphatic carbocycles. The summed E-state index contributed by atoms with van der Waals surface area (Å²) < 4.78 is 19.5. The lowest BCUT2D eigenvalue weighted by Crippen LogP contribution is -2.50. The van der Waals surface area contributed by atoms with Gasteiger partial charge in [-0.2, -0.15) is 4.80 Å². The van der Waals surface area contributed by atoms with Crippen molar-refractivity contribution in [1.82, 2.24) is 40.0 Å². The normalized spacial score (nSPS) is 14.8. The van der Waals surface area contributed by atoms with Crippen LogP contribution in [0.1, 0.15) is 34.8 Å². The van der Waals surface area contributed by atoms with Crippen molar-refractivity contribution < 1.29 is 18.4 Å². The van der Waals surface area contributed by atoms with Gasteiger partial charge in [-0.3, -0.25) is 19.5 Å². The molecule has 1 fully saturated rings. The molecule has 1 atom stereocenters. The first-order chi connectivity index (χ1) is 19.8. The Labute approximate surface area is 233 Å². The lowest BCUT2D eigenvalue weighted by molar-refractivity contribution is -0.114. The van der Waals surface area contributed by atoms with E-state index < -0.39 is 0 Å². The topological polar surface area (TPSA) is 135 Å². The smallest absolute Gasteiger partial charge is 0.272 e. The monoisotopic (exact) mass is 555 g/mol. The van der Waals surface area contributed by atoms with Gasteiger partial charge in [0.15, 0.2) is 11.4 Å². The zero-order valence-electron chi connectivity index (χ0n) is 22.4. The van der Waals surface area contributed by atoms with Crippen LogP contribution in [-0.4, -0.2) is 78.0 Å². The molecule has 208 valence electrons. The molecule has 2 aromatic carbocycles. The minimum atomic E-state index is -0.326. The van der Waals surface area contributed by atoms with Crippen LogP contribution in [0.5, 0.6) is 0 Å². The van der Waals surface area contributed by atoms with Gasteiger partial charge in [-0.15, -0.1) is 10.2 Å². The van der Waals surface area contributed by atoms with Gasteiger partial charge in [0, 0.05) is 50.6 Å². The fourth-order valence-corrected chi connectivity index (χ4v) is 4.93. The molecule has 0 saturated carbocycles. The maximum Gasteiger partial charge on any atom is 0.272 e. The van der Waals surface area contributed by atoms with Gasteiger partial charge in [0.25, 0.3) is 5.91 Å². The van der Waals surface area contributed by atoms with E-state index in [0.29, 0.717) is 60.2 Å². The summed E-state index contributed by atoms with van der Waals surface area (Å²) in [6.45, 7) is 3.45. The Kier molecular flexibility index (Phi) is 6.93. The quantitative estimate of drug-likeness (QED) is 0.335. The summed E-state index contributed by atoms with van der Waals surface area (Å²) in [5, 5.41) is 15.3. The van der Waals surface area contributed by atoms with Crippen LogP contribution in [0, 0.1) is 5.82 Å². The summed E-state index contributed by atoms with van der Waals surface area (Å²) in [7, 11) is 1.69. The zero-order valence-corrected chi connectivity index (χ0v) is 22.4. The molecule has 6 rings (SSSR count). The Hall–Kier alpha value is -5.04. The van der Waals surface area contributed by atoms with Crippen LogP contribution in [-0.2, 0) is 11.8 Å². The van der Waals surface area contributed by atoms with Crippen LogP contribution in [0.2, 0.25) is 0 Å². The number of nitrogens with one attached hydrogen (secondary N) is 1. The standard InChI is InChI=1S/C28H26FN9O3/c1-17(39)31-21-7-8-24-22(16-21)32-27(41-24)19-9-10-30-23(15-19)28(40)38-13-11-37(12-14-38)25(26-33-35-36(2)34-26)18-3-5-20(29)6-4-18/h3-10,15-16,25H,11-14H2,1-2H3,(H,31,39)/t25-/m1/s1. The van der Waals surface area contributed by atoms with Crippen molar-refractivity contribution in [1.29, 1.82) is 0 Å². The highest BCUT2D eigenvalue weighted by Gasteiger charge is 2.31. The molecule has 13 heteroatoms. The van der Waals surface area contributed by atoms with Gasteiger partial charge in [0.1, 0.15) is 17.0 Å². The maximum atomic E-state index is 13.6. The molecule has 0 bridgehead atoms. The van der Waals surface area contributed by atoms with E-state index in [1.165, 1.54) is 23.9 Å². The van der Waals surface area contributed by atoms with E-state index in [4.69, 9.17) is 4.42 Å². The van der Waals surface area contributed by atoms with E-state index in [0.717, 1.165) is 5.56 Å². The van der Waals surface area contributed by atoms with Gasteiger partial charge in [-0.05, 0) is 53.2 Å². The van der Waals surface area contributed by atoms with Crippen LogP contribution in [0.15, 0.2) is 65.2 Å². The largest absolute Gasteiger partial charge is 0.436 e. The third kappa shape index (κ3) is 5.52. The summed E-state index contributed by atoms with van der Waals surface area (Å²) in [5.41, 5.74) is 3.50. The summed E-state index contributed by atoms with van der Waals surface area (Å²) in [6.07, 6.45) is 1.56. The molecule has 1 aliphatic rings. The number of rotatable bonds is 6. The van der Waals surface area contributed by atoms with Gasteiger partial charge in [0.2, 0.25) is 11.8 Å². The highest BCUT2D eigenvalue weighted by molar-refractivity contribution is 5.94. The van der Waals surface area contributed by atoms with Gasteiger partial charge in [-0.25, -0.2) is 9.37 Å². The number of carbonyl (C=O) groups excluding carboxylic acids is 2. The number of amides is 2. The maximum absolute atomic E-state index is 13.6. The van der Waals surface area contributed by atoms with Gasteiger partial charge >= 0.3 is 0 Å². The second-order valence-electron chi connectivity index (χ2n) is 9.73. The van der Waals surface area contributed by atoms with E-state index >= 15 is 0 Å². The number of fused-ring (bicyclic) bond motifs is 1. The van der Waals surface area contributed by atoms with Crippen molar-refractivity contribution in [2.24, 2.45) is 7.05 Å². The van der Waals surface area contributed by atoms with E-state index in [2.05, 4.69) is 35.6 Å². The molecule has 41 heavy (non-hydrogen) atoms. The third-order valence-corrected chi connectivity index (χ3v) is 6.85. The minimum Gasteiger partial charge on any atom is -0.436 e. The van der Waals surface area contributed by atoms with E-state index in [9.17, 15) is 14.0 Å². The molecule has 1 N–H and O–H groups in total. The number of anilines is 1. The Morgan fingerprint density at radius 3 is 2.51 bits per heavy atom. The zero-order chi connectivity index (χ0) is 28.5. The van der Waals surface area contributed by atoms with Crippen LogP contribution >= 0.6 is 0 Å². The first-order valence-corrected chi connectivity index (χ1v) is 13.0. The number of pyridine rings is 1. The summed E-state index contributed by atoms with van der Waals surface area (Å²) in [6, 6.07) is 14.5. The molecule has 2 amide bonds. The van der Waals surface area contributed by atoms with Crippen molar-refractivity contribution in [2.75, 3.05) is 31.5 Å². The Morgan fingerprint density at radius 1 is 1.02 bits per heavy atom. The predicted octanol–water partition coefficient (Wildman–Crippen LogP) is 3.06. The van der Waals surface area contributed by atoms with Crippen LogP contribution in [0.4, 0.5) is 10.1 Å². The van der Waals surface area contributed by atoms with Crippen LogP contribution < -0.4 is 5.32 Å². The summed E-state index contributed by atoms with van der Waals surface area (Å²) in [4.78, 5) is 39.0. The number of tetrazole rings is 1. The van der Waals surface area contributed by atoms with Crippen molar-refractivity contribution in [3.8, 4) is 11.5 Å². The molecule has 3 aromatic heterocycles. The Bertz CT molecular complexity index is 1730. The molecule has 1 aliphatic heterocycles. The number of hydrogen-bond acceptors (Lipinski definition) is 9. The van der Waals surface area contributed by atoms with Gasteiger partial charge in [0.05, 0.1) is 13.1 Å². The highest BCUT2D eigenvalue weighted by atomic mass is 19.1. The first kappa shape index (κ1) is 26.2. The average Bonchev–Trinajstić information content (AvgIpc) is 3.60.